The number of carbonyl (C=O) groups excluding carboxylic acids is 1. The second-order valence-corrected chi connectivity index (χ2v) is 6.00. The van der Waals surface area contributed by atoms with Crippen LogP contribution < -0.4 is 5.32 Å². The number of hydrogen-bond acceptors (Lipinski definition) is 4. The average molecular weight is 269 g/mol. The summed E-state index contributed by atoms with van der Waals surface area (Å²) >= 11 is 0. The Morgan fingerprint density at radius 1 is 1.42 bits per heavy atom. The molecule has 2 fully saturated rings. The molecule has 0 unspecified atom stereocenters. The van der Waals surface area contributed by atoms with Gasteiger partial charge in [0.2, 0.25) is 0 Å². The van der Waals surface area contributed by atoms with E-state index >= 15 is 0 Å². The summed E-state index contributed by atoms with van der Waals surface area (Å²) in [6, 6.07) is 0.578. The Bertz CT molecular complexity index is 296. The zero-order chi connectivity index (χ0) is 13.7. The lowest BCUT2D eigenvalue weighted by atomic mass is 9.79. The molecule has 2 aliphatic rings. The minimum atomic E-state index is -0.367. The van der Waals surface area contributed by atoms with Crippen LogP contribution in [0, 0.1) is 11.3 Å². The summed E-state index contributed by atoms with van der Waals surface area (Å²) < 4.78 is 10.4. The molecule has 1 saturated heterocycles. The highest BCUT2D eigenvalue weighted by molar-refractivity contribution is 5.77. The van der Waals surface area contributed by atoms with Crippen molar-refractivity contribution in [3.63, 3.8) is 0 Å². The van der Waals surface area contributed by atoms with Crippen LogP contribution in [-0.4, -0.2) is 38.9 Å². The Kier molecular flexibility index (Phi) is 5.22. The summed E-state index contributed by atoms with van der Waals surface area (Å²) in [5, 5.41) is 3.65. The summed E-state index contributed by atoms with van der Waals surface area (Å²) in [5.74, 6) is 0.754. The first-order chi connectivity index (χ1) is 9.22. The maximum Gasteiger partial charge on any atom is 0.313 e. The molecule has 1 heterocycles. The van der Waals surface area contributed by atoms with Gasteiger partial charge in [-0.2, -0.15) is 0 Å². The van der Waals surface area contributed by atoms with Gasteiger partial charge in [-0.05, 0) is 38.0 Å². The van der Waals surface area contributed by atoms with E-state index in [-0.39, 0.29) is 11.4 Å². The van der Waals surface area contributed by atoms with Crippen molar-refractivity contribution in [1.29, 1.82) is 0 Å². The van der Waals surface area contributed by atoms with Gasteiger partial charge in [-0.1, -0.05) is 13.3 Å². The predicted octanol–water partition coefficient (Wildman–Crippen LogP) is 2.12. The van der Waals surface area contributed by atoms with Crippen molar-refractivity contribution in [2.75, 3.05) is 26.9 Å². The zero-order valence-electron chi connectivity index (χ0n) is 12.2. The average Bonchev–Trinajstić information content (AvgIpc) is 3.28. The molecule has 1 aliphatic carbocycles. The molecule has 4 nitrogen and oxygen atoms in total. The van der Waals surface area contributed by atoms with E-state index < -0.39 is 0 Å². The van der Waals surface area contributed by atoms with Crippen LogP contribution in [0.1, 0.15) is 45.4 Å². The highest BCUT2D eigenvalue weighted by atomic mass is 16.5. The van der Waals surface area contributed by atoms with Crippen LogP contribution in [0.15, 0.2) is 0 Å². The number of methoxy groups -OCH3 is 1. The van der Waals surface area contributed by atoms with Gasteiger partial charge in [-0.25, -0.2) is 0 Å². The van der Waals surface area contributed by atoms with Crippen LogP contribution >= 0.6 is 0 Å². The summed E-state index contributed by atoms with van der Waals surface area (Å²) in [7, 11) is 1.49. The number of nitrogens with one attached hydrogen (secondary N) is 1. The molecule has 1 saturated carbocycles. The molecule has 0 aromatic rings. The van der Waals surface area contributed by atoms with E-state index in [0.29, 0.717) is 19.3 Å². The first-order valence-electron chi connectivity index (χ1n) is 7.61. The van der Waals surface area contributed by atoms with Crippen LogP contribution in [0.25, 0.3) is 0 Å². The van der Waals surface area contributed by atoms with Gasteiger partial charge in [0, 0.05) is 25.8 Å². The first-order valence-corrected chi connectivity index (χ1v) is 7.61. The van der Waals surface area contributed by atoms with Crippen molar-refractivity contribution >= 4 is 5.97 Å². The largest absolute Gasteiger partial charge is 0.469 e. The molecule has 4 heteroatoms. The van der Waals surface area contributed by atoms with Gasteiger partial charge in [0.15, 0.2) is 0 Å². The maximum atomic E-state index is 12.1. The van der Waals surface area contributed by atoms with Crippen LogP contribution in [0.4, 0.5) is 0 Å². The standard InChI is InChI=1S/C15H27NO3/c1-3-4-13(12-5-6-12)16-11-15(14(17)18-2)7-9-19-10-8-15/h12-13,16H,3-11H2,1-2H3/t13-/m0/s1. The van der Waals surface area contributed by atoms with Crippen molar-refractivity contribution in [3.8, 4) is 0 Å². The highest BCUT2D eigenvalue weighted by Gasteiger charge is 2.42. The minimum absolute atomic E-state index is 0.0747. The molecule has 0 amide bonds. The van der Waals surface area contributed by atoms with E-state index in [1.165, 1.54) is 32.8 Å². The Morgan fingerprint density at radius 2 is 2.11 bits per heavy atom. The molecule has 1 N–H and O–H groups in total. The van der Waals surface area contributed by atoms with Crippen LogP contribution in [0.3, 0.4) is 0 Å². The third-order valence-corrected chi connectivity index (χ3v) is 4.56. The summed E-state index contributed by atoms with van der Waals surface area (Å²) in [6.45, 7) is 4.29. The SMILES string of the molecule is CCC[C@H](NCC1(C(=O)OC)CCOCC1)C1CC1. The molecule has 110 valence electrons. The van der Waals surface area contributed by atoms with Crippen LogP contribution in [0.5, 0.6) is 0 Å². The first kappa shape index (κ1) is 14.8. The molecule has 1 aliphatic heterocycles. The fourth-order valence-corrected chi connectivity index (χ4v) is 3.07. The quantitative estimate of drug-likeness (QED) is 0.719. The summed E-state index contributed by atoms with van der Waals surface area (Å²) in [4.78, 5) is 12.1. The van der Waals surface area contributed by atoms with Gasteiger partial charge in [0.1, 0.15) is 0 Å². The molecule has 0 aromatic heterocycles. The number of rotatable bonds is 7. The van der Waals surface area contributed by atoms with Gasteiger partial charge in [0.25, 0.3) is 0 Å². The Labute approximate surface area is 116 Å². The van der Waals surface area contributed by atoms with Crippen molar-refractivity contribution < 1.29 is 14.3 Å². The van der Waals surface area contributed by atoms with Gasteiger partial charge in [0.05, 0.1) is 12.5 Å². The maximum absolute atomic E-state index is 12.1. The smallest absolute Gasteiger partial charge is 0.313 e. The van der Waals surface area contributed by atoms with Gasteiger partial charge < -0.3 is 14.8 Å². The lowest BCUT2D eigenvalue weighted by Gasteiger charge is -2.36. The van der Waals surface area contributed by atoms with E-state index in [4.69, 9.17) is 9.47 Å². The van der Waals surface area contributed by atoms with Crippen molar-refractivity contribution in [1.82, 2.24) is 5.32 Å². The Hall–Kier alpha value is -0.610. The molecular weight excluding hydrogens is 242 g/mol. The fourth-order valence-electron chi connectivity index (χ4n) is 3.07. The van der Waals surface area contributed by atoms with Crippen molar-refractivity contribution in [2.24, 2.45) is 11.3 Å². The molecule has 19 heavy (non-hydrogen) atoms. The molecular formula is C15H27NO3. The second-order valence-electron chi connectivity index (χ2n) is 6.00. The fraction of sp³-hybridized carbons (Fsp3) is 0.933. The normalized spacial score (nSPS) is 23.9. The molecule has 0 radical (unpaired) electrons. The molecule has 1 atom stereocenters. The lowest BCUT2D eigenvalue weighted by molar-refractivity contribution is -0.158. The van der Waals surface area contributed by atoms with Crippen molar-refractivity contribution in [3.05, 3.63) is 0 Å². The number of esters is 1. The lowest BCUT2D eigenvalue weighted by Crippen LogP contribution is -2.48. The van der Waals surface area contributed by atoms with Crippen LogP contribution in [0.2, 0.25) is 0 Å². The van der Waals surface area contributed by atoms with Gasteiger partial charge in [-0.15, -0.1) is 0 Å². The minimum Gasteiger partial charge on any atom is -0.469 e. The summed E-state index contributed by atoms with van der Waals surface area (Å²) in [6.07, 6.45) is 6.63. The van der Waals surface area contributed by atoms with E-state index in [1.807, 2.05) is 0 Å². The Balaban J connectivity index is 1.93. The van der Waals surface area contributed by atoms with Crippen molar-refractivity contribution in [2.45, 2.75) is 51.5 Å². The molecule has 2 rings (SSSR count). The molecule has 0 aromatic carbocycles. The van der Waals surface area contributed by atoms with E-state index in [2.05, 4.69) is 12.2 Å². The zero-order valence-corrected chi connectivity index (χ0v) is 12.2. The third kappa shape index (κ3) is 3.69. The molecule has 0 bridgehead atoms. The topological polar surface area (TPSA) is 47.6 Å². The van der Waals surface area contributed by atoms with Gasteiger partial charge in [-0.3, -0.25) is 4.79 Å². The second kappa shape index (κ2) is 6.71. The number of ether oxygens (including phenoxy) is 2. The predicted molar refractivity (Wildman–Crippen MR) is 73.9 cm³/mol. The van der Waals surface area contributed by atoms with E-state index in [0.717, 1.165) is 25.3 Å². The van der Waals surface area contributed by atoms with Gasteiger partial charge >= 0.3 is 5.97 Å². The number of hydrogen-bond donors (Lipinski definition) is 1. The van der Waals surface area contributed by atoms with E-state index in [1.54, 1.807) is 0 Å². The molecule has 0 spiro atoms. The van der Waals surface area contributed by atoms with E-state index in [9.17, 15) is 4.79 Å². The van der Waals surface area contributed by atoms with Crippen LogP contribution in [-0.2, 0) is 14.3 Å². The monoisotopic (exact) mass is 269 g/mol. The number of carbonyl (C=O) groups is 1. The summed E-state index contributed by atoms with van der Waals surface area (Å²) in [5.41, 5.74) is -0.367. The Morgan fingerprint density at radius 3 is 2.63 bits per heavy atom. The highest BCUT2D eigenvalue weighted by Crippen LogP contribution is 2.36. The third-order valence-electron chi connectivity index (χ3n) is 4.56.